The Morgan fingerprint density at radius 1 is 0.977 bits per heavy atom. The number of rotatable bonds is 15. The van der Waals surface area contributed by atoms with Gasteiger partial charge in [0.1, 0.15) is 0 Å². The molecule has 1 saturated heterocycles. The minimum absolute atomic E-state index is 0.00717. The van der Waals surface area contributed by atoms with Crippen LogP contribution in [0.2, 0.25) is 0 Å². The Morgan fingerprint density at radius 2 is 1.67 bits per heavy atom. The summed E-state index contributed by atoms with van der Waals surface area (Å²) in [6, 6.07) is 21.9. The highest BCUT2D eigenvalue weighted by atomic mass is 19.2. The molecular formula is C33H37F2N3O5. The molecule has 1 aliphatic rings. The lowest BCUT2D eigenvalue weighted by atomic mass is 9.69. The monoisotopic (exact) mass is 593 g/mol. The van der Waals surface area contributed by atoms with Gasteiger partial charge in [0.2, 0.25) is 11.8 Å². The molecule has 1 fully saturated rings. The lowest BCUT2D eigenvalue weighted by Crippen LogP contribution is -2.48. The number of likely N-dealkylation sites (tertiary alicyclic amines) is 1. The van der Waals surface area contributed by atoms with E-state index in [1.165, 1.54) is 6.07 Å². The van der Waals surface area contributed by atoms with E-state index in [2.05, 4.69) is 10.8 Å². The number of amides is 3. The first kappa shape index (κ1) is 31.8. The van der Waals surface area contributed by atoms with Crippen LogP contribution in [0.3, 0.4) is 0 Å². The molecule has 0 aliphatic carbocycles. The van der Waals surface area contributed by atoms with Crippen molar-refractivity contribution in [2.75, 3.05) is 26.2 Å². The van der Waals surface area contributed by atoms with Crippen LogP contribution < -0.4 is 10.8 Å². The molecule has 228 valence electrons. The third kappa shape index (κ3) is 8.24. The summed E-state index contributed by atoms with van der Waals surface area (Å²) >= 11 is 0. The summed E-state index contributed by atoms with van der Waals surface area (Å²) in [6.07, 6.45) is 1.73. The quantitative estimate of drug-likeness (QED) is 0.229. The fourth-order valence-corrected chi connectivity index (χ4v) is 5.67. The van der Waals surface area contributed by atoms with E-state index in [4.69, 9.17) is 4.84 Å². The highest BCUT2D eigenvalue weighted by molar-refractivity contribution is 5.94. The predicted octanol–water partition coefficient (Wildman–Crippen LogP) is 4.18. The molecule has 2 atom stereocenters. The van der Waals surface area contributed by atoms with Crippen LogP contribution in [0.4, 0.5) is 8.78 Å². The van der Waals surface area contributed by atoms with Gasteiger partial charge in [0.25, 0.3) is 5.91 Å². The van der Waals surface area contributed by atoms with E-state index in [1.54, 1.807) is 4.90 Å². The maximum absolute atomic E-state index is 14.0. The van der Waals surface area contributed by atoms with Gasteiger partial charge in [-0.3, -0.25) is 19.2 Å². The van der Waals surface area contributed by atoms with Crippen molar-refractivity contribution in [1.29, 1.82) is 0 Å². The molecule has 3 N–H and O–H groups in total. The van der Waals surface area contributed by atoms with E-state index in [1.807, 2.05) is 60.7 Å². The second-order valence-corrected chi connectivity index (χ2v) is 10.7. The van der Waals surface area contributed by atoms with Crippen LogP contribution in [0.25, 0.3) is 0 Å². The fraction of sp³-hybridized carbons (Fsp3) is 0.364. The lowest BCUT2D eigenvalue weighted by Gasteiger charge is -2.35. The molecule has 10 heteroatoms. The van der Waals surface area contributed by atoms with Crippen molar-refractivity contribution in [2.45, 2.75) is 38.7 Å². The number of nitrogens with zero attached hydrogens (tertiary/aromatic N) is 1. The van der Waals surface area contributed by atoms with Gasteiger partial charge in [0.05, 0.1) is 17.9 Å². The van der Waals surface area contributed by atoms with Crippen LogP contribution in [0.15, 0.2) is 78.9 Å². The molecule has 3 aromatic rings. The van der Waals surface area contributed by atoms with Crippen LogP contribution >= 0.6 is 0 Å². The van der Waals surface area contributed by atoms with E-state index in [9.17, 15) is 28.3 Å². The van der Waals surface area contributed by atoms with E-state index in [0.29, 0.717) is 32.4 Å². The maximum Gasteiger partial charge on any atom is 0.251 e. The minimum atomic E-state index is -1.14. The van der Waals surface area contributed by atoms with E-state index >= 15 is 0 Å². The van der Waals surface area contributed by atoms with Crippen molar-refractivity contribution < 1.29 is 33.1 Å². The van der Waals surface area contributed by atoms with Gasteiger partial charge in [0.15, 0.2) is 11.6 Å². The molecule has 0 spiro atoms. The number of benzene rings is 3. The largest absolute Gasteiger partial charge is 0.396 e. The second kappa shape index (κ2) is 15.4. The first-order valence-corrected chi connectivity index (χ1v) is 14.5. The van der Waals surface area contributed by atoms with Crippen molar-refractivity contribution in [1.82, 2.24) is 15.7 Å². The molecule has 3 amide bonds. The highest BCUT2D eigenvalue weighted by Gasteiger charge is 2.53. The molecule has 0 bridgehead atoms. The molecule has 2 unspecified atom stereocenters. The second-order valence-electron chi connectivity index (χ2n) is 10.7. The first-order valence-electron chi connectivity index (χ1n) is 14.5. The number of aliphatic hydroxyl groups excluding tert-OH is 1. The SMILES string of the molecule is O=C(NCCC(C(=O)NOCc1ccccc1)C1(CCCO)CCN(CCc2ccccc2)C1=O)c1ccc(F)c(F)c1. The van der Waals surface area contributed by atoms with Gasteiger partial charge in [0, 0.05) is 31.8 Å². The Kier molecular flexibility index (Phi) is 11.4. The zero-order valence-electron chi connectivity index (χ0n) is 23.9. The van der Waals surface area contributed by atoms with Gasteiger partial charge in [-0.1, -0.05) is 60.7 Å². The number of hydrogen-bond donors (Lipinski definition) is 3. The number of carbonyl (C=O) groups excluding carboxylic acids is 3. The standard InChI is InChI=1S/C33H37F2N3O5/c34-28-13-12-26(22-29(28)35)30(40)36-18-14-27(31(41)37-43-23-25-10-5-2-6-11-25)33(16-7-21-39)17-20-38(32(33)42)19-15-24-8-3-1-4-9-24/h1-6,8-13,22,27,39H,7,14-21,23H2,(H,36,40)(H,37,41). The van der Waals surface area contributed by atoms with Crippen molar-refractivity contribution >= 4 is 17.7 Å². The number of hydrogen-bond acceptors (Lipinski definition) is 5. The lowest BCUT2D eigenvalue weighted by molar-refractivity contribution is -0.152. The molecular weight excluding hydrogens is 556 g/mol. The summed E-state index contributed by atoms with van der Waals surface area (Å²) in [4.78, 5) is 47.7. The third-order valence-corrected chi connectivity index (χ3v) is 7.97. The van der Waals surface area contributed by atoms with Gasteiger partial charge >= 0.3 is 0 Å². The van der Waals surface area contributed by atoms with Crippen LogP contribution in [0, 0.1) is 23.0 Å². The van der Waals surface area contributed by atoms with Gasteiger partial charge < -0.3 is 15.3 Å². The molecule has 1 heterocycles. The van der Waals surface area contributed by atoms with Gasteiger partial charge in [-0.15, -0.1) is 0 Å². The van der Waals surface area contributed by atoms with Crippen LogP contribution in [-0.4, -0.2) is 54.0 Å². The smallest absolute Gasteiger partial charge is 0.251 e. The molecule has 43 heavy (non-hydrogen) atoms. The molecule has 4 rings (SSSR count). The van der Waals surface area contributed by atoms with Gasteiger partial charge in [-0.2, -0.15) is 0 Å². The maximum atomic E-state index is 14.0. The van der Waals surface area contributed by atoms with Gasteiger partial charge in [-0.05, 0) is 61.4 Å². The zero-order chi connectivity index (χ0) is 30.7. The fourth-order valence-electron chi connectivity index (χ4n) is 5.67. The Hall–Kier alpha value is -4.15. The summed E-state index contributed by atoms with van der Waals surface area (Å²) in [5.74, 6) is -4.41. The number of aliphatic hydroxyl groups is 1. The molecule has 8 nitrogen and oxygen atoms in total. The van der Waals surface area contributed by atoms with E-state index in [-0.39, 0.29) is 44.1 Å². The van der Waals surface area contributed by atoms with Crippen molar-refractivity contribution in [2.24, 2.45) is 11.3 Å². The van der Waals surface area contributed by atoms with Gasteiger partial charge in [-0.25, -0.2) is 14.3 Å². The average molecular weight is 594 g/mol. The Morgan fingerprint density at radius 3 is 2.35 bits per heavy atom. The van der Waals surface area contributed by atoms with Crippen LogP contribution in [0.1, 0.15) is 47.2 Å². The van der Waals surface area contributed by atoms with E-state index in [0.717, 1.165) is 23.3 Å². The molecule has 0 saturated carbocycles. The summed E-state index contributed by atoms with van der Waals surface area (Å²) < 4.78 is 27.0. The molecule has 0 aromatic heterocycles. The summed E-state index contributed by atoms with van der Waals surface area (Å²) in [5.41, 5.74) is 3.26. The number of hydroxylamine groups is 1. The minimum Gasteiger partial charge on any atom is -0.396 e. The molecule has 3 aromatic carbocycles. The van der Waals surface area contributed by atoms with Crippen molar-refractivity contribution in [3.63, 3.8) is 0 Å². The number of carbonyl (C=O) groups is 3. The third-order valence-electron chi connectivity index (χ3n) is 7.97. The predicted molar refractivity (Wildman–Crippen MR) is 156 cm³/mol. The zero-order valence-corrected chi connectivity index (χ0v) is 23.9. The Labute approximate surface area is 250 Å². The van der Waals surface area contributed by atoms with Crippen molar-refractivity contribution in [3.8, 4) is 0 Å². The number of halogens is 2. The molecule has 0 radical (unpaired) electrons. The molecule has 1 aliphatic heterocycles. The summed E-state index contributed by atoms with van der Waals surface area (Å²) in [7, 11) is 0. The highest BCUT2D eigenvalue weighted by Crippen LogP contribution is 2.45. The summed E-state index contributed by atoms with van der Waals surface area (Å²) in [6.45, 7) is 0.896. The first-order chi connectivity index (χ1) is 20.8. The Bertz CT molecular complexity index is 1380. The van der Waals surface area contributed by atoms with Crippen LogP contribution in [0.5, 0.6) is 0 Å². The topological polar surface area (TPSA) is 108 Å². The summed E-state index contributed by atoms with van der Waals surface area (Å²) in [5, 5.41) is 12.3. The Balaban J connectivity index is 1.50. The van der Waals surface area contributed by atoms with Crippen molar-refractivity contribution in [3.05, 3.63) is 107 Å². The average Bonchev–Trinajstić information content (AvgIpc) is 3.34. The normalized spacial score (nSPS) is 17.1. The number of nitrogens with one attached hydrogen (secondary N) is 2. The van der Waals surface area contributed by atoms with E-state index < -0.39 is 34.8 Å². The van der Waals surface area contributed by atoms with Crippen LogP contribution in [-0.2, 0) is 27.5 Å².